The Hall–Kier alpha value is -1.10. The number of likely N-dealkylation sites (N-methyl/N-ethyl adjacent to an activating group) is 1. The van der Waals surface area contributed by atoms with Gasteiger partial charge in [-0.05, 0) is 25.7 Å². The molecule has 5 nitrogen and oxygen atoms in total. The molecule has 20 heavy (non-hydrogen) atoms. The first-order valence-electron chi connectivity index (χ1n) is 7.71. The van der Waals surface area contributed by atoms with Gasteiger partial charge in [-0.2, -0.15) is 0 Å². The van der Waals surface area contributed by atoms with Crippen molar-refractivity contribution in [2.24, 2.45) is 0 Å². The maximum atomic E-state index is 12.4. The van der Waals surface area contributed by atoms with Gasteiger partial charge in [-0.1, -0.05) is 26.7 Å². The standard InChI is InChI=1S/C15H28N2O3/c1-4-8-15(20,9-5-2)11-13(18)17-10-6-7-12(17)14(19)16-3/h12,20H,4-11H2,1-3H3,(H,16,19). The van der Waals surface area contributed by atoms with Crippen LogP contribution in [0, 0.1) is 0 Å². The van der Waals surface area contributed by atoms with Crippen LogP contribution in [0.15, 0.2) is 0 Å². The van der Waals surface area contributed by atoms with Crippen molar-refractivity contribution in [3.63, 3.8) is 0 Å². The van der Waals surface area contributed by atoms with Gasteiger partial charge >= 0.3 is 0 Å². The molecule has 0 bridgehead atoms. The molecule has 0 aromatic rings. The van der Waals surface area contributed by atoms with Gasteiger partial charge in [-0.3, -0.25) is 9.59 Å². The lowest BCUT2D eigenvalue weighted by molar-refractivity contribution is -0.142. The number of likely N-dealkylation sites (tertiary alicyclic amines) is 1. The van der Waals surface area contributed by atoms with Crippen molar-refractivity contribution in [3.05, 3.63) is 0 Å². The van der Waals surface area contributed by atoms with Gasteiger partial charge in [-0.15, -0.1) is 0 Å². The molecule has 1 aliphatic heterocycles. The van der Waals surface area contributed by atoms with Gasteiger partial charge in [0, 0.05) is 13.6 Å². The third-order valence-corrected chi connectivity index (χ3v) is 4.03. The molecule has 2 N–H and O–H groups in total. The van der Waals surface area contributed by atoms with Gasteiger partial charge in [0.2, 0.25) is 11.8 Å². The highest BCUT2D eigenvalue weighted by molar-refractivity contribution is 5.88. The fraction of sp³-hybridized carbons (Fsp3) is 0.867. The van der Waals surface area contributed by atoms with Crippen molar-refractivity contribution in [2.45, 2.75) is 70.4 Å². The average Bonchev–Trinajstić information content (AvgIpc) is 2.87. The molecule has 1 unspecified atom stereocenters. The Morgan fingerprint density at radius 1 is 1.30 bits per heavy atom. The highest BCUT2D eigenvalue weighted by Crippen LogP contribution is 2.27. The molecule has 0 aliphatic carbocycles. The Morgan fingerprint density at radius 2 is 1.90 bits per heavy atom. The number of nitrogens with zero attached hydrogens (tertiary/aromatic N) is 1. The van der Waals surface area contributed by atoms with Crippen LogP contribution >= 0.6 is 0 Å². The van der Waals surface area contributed by atoms with Crippen molar-refractivity contribution < 1.29 is 14.7 Å². The Kier molecular flexibility index (Phi) is 6.46. The molecule has 1 atom stereocenters. The van der Waals surface area contributed by atoms with E-state index >= 15 is 0 Å². The van der Waals surface area contributed by atoms with Crippen LogP contribution in [0.1, 0.15) is 58.8 Å². The number of hydrogen-bond donors (Lipinski definition) is 2. The van der Waals surface area contributed by atoms with Crippen LogP contribution in [-0.2, 0) is 9.59 Å². The Morgan fingerprint density at radius 3 is 2.40 bits per heavy atom. The molecule has 0 saturated carbocycles. The summed E-state index contributed by atoms with van der Waals surface area (Å²) < 4.78 is 0. The average molecular weight is 284 g/mol. The summed E-state index contributed by atoms with van der Waals surface area (Å²) in [6, 6.07) is -0.361. The smallest absolute Gasteiger partial charge is 0.242 e. The van der Waals surface area contributed by atoms with Gasteiger partial charge in [0.25, 0.3) is 0 Å². The Bertz CT molecular complexity index is 338. The number of carbonyl (C=O) groups excluding carboxylic acids is 2. The van der Waals surface area contributed by atoms with E-state index in [9.17, 15) is 14.7 Å². The summed E-state index contributed by atoms with van der Waals surface area (Å²) in [5.74, 6) is -0.203. The fourth-order valence-corrected chi connectivity index (χ4v) is 3.12. The van der Waals surface area contributed by atoms with Crippen molar-refractivity contribution >= 4 is 11.8 Å². The molecule has 1 saturated heterocycles. The van der Waals surface area contributed by atoms with E-state index in [0.717, 1.165) is 19.3 Å². The molecule has 116 valence electrons. The minimum Gasteiger partial charge on any atom is -0.389 e. The van der Waals surface area contributed by atoms with Gasteiger partial charge in [-0.25, -0.2) is 0 Å². The maximum Gasteiger partial charge on any atom is 0.242 e. The number of nitrogens with one attached hydrogen (secondary N) is 1. The monoisotopic (exact) mass is 284 g/mol. The Labute approximate surface area is 121 Å². The highest BCUT2D eigenvalue weighted by atomic mass is 16.3. The molecule has 0 aromatic carbocycles. The van der Waals surface area contributed by atoms with Crippen LogP contribution in [0.4, 0.5) is 0 Å². The van der Waals surface area contributed by atoms with Crippen molar-refractivity contribution in [1.82, 2.24) is 10.2 Å². The van der Waals surface area contributed by atoms with Gasteiger partial charge in [0.15, 0.2) is 0 Å². The predicted octanol–water partition coefficient (Wildman–Crippen LogP) is 1.44. The zero-order chi connectivity index (χ0) is 15.2. The van der Waals surface area contributed by atoms with Gasteiger partial charge in [0.05, 0.1) is 12.0 Å². The second kappa shape index (κ2) is 7.62. The number of hydrogen-bond acceptors (Lipinski definition) is 3. The van der Waals surface area contributed by atoms with Crippen LogP contribution in [-0.4, -0.2) is 47.1 Å². The summed E-state index contributed by atoms with van der Waals surface area (Å²) in [6.45, 7) is 4.63. The molecule has 0 aromatic heterocycles. The molecule has 1 heterocycles. The summed E-state index contributed by atoms with van der Waals surface area (Å²) in [5, 5.41) is 13.2. The minimum absolute atomic E-state index is 0.0968. The molecular weight excluding hydrogens is 256 g/mol. The summed E-state index contributed by atoms with van der Waals surface area (Å²) in [4.78, 5) is 25.8. The fourth-order valence-electron chi connectivity index (χ4n) is 3.12. The van der Waals surface area contributed by atoms with E-state index in [1.807, 2.05) is 13.8 Å². The van der Waals surface area contributed by atoms with Gasteiger partial charge < -0.3 is 15.3 Å². The summed E-state index contributed by atoms with van der Waals surface area (Å²) in [6.07, 6.45) is 4.65. The summed E-state index contributed by atoms with van der Waals surface area (Å²) in [7, 11) is 1.59. The Balaban J connectivity index is 2.70. The first-order chi connectivity index (χ1) is 9.47. The van der Waals surface area contributed by atoms with Crippen LogP contribution in [0.3, 0.4) is 0 Å². The third kappa shape index (κ3) is 4.20. The predicted molar refractivity (Wildman–Crippen MR) is 78.2 cm³/mol. The highest BCUT2D eigenvalue weighted by Gasteiger charge is 2.37. The first kappa shape index (κ1) is 17.0. The van der Waals surface area contributed by atoms with Crippen molar-refractivity contribution in [2.75, 3.05) is 13.6 Å². The SMILES string of the molecule is CCCC(O)(CCC)CC(=O)N1CCCC1C(=O)NC. The topological polar surface area (TPSA) is 69.6 Å². The number of amides is 2. The number of aliphatic hydroxyl groups is 1. The second-order valence-corrected chi connectivity index (χ2v) is 5.76. The van der Waals surface area contributed by atoms with Crippen LogP contribution < -0.4 is 5.32 Å². The van der Waals surface area contributed by atoms with E-state index in [4.69, 9.17) is 0 Å². The lowest BCUT2D eigenvalue weighted by Gasteiger charge is -2.31. The van der Waals surface area contributed by atoms with E-state index in [2.05, 4.69) is 5.32 Å². The quantitative estimate of drug-likeness (QED) is 0.743. The van der Waals surface area contributed by atoms with Crippen LogP contribution in [0.2, 0.25) is 0 Å². The molecule has 2 amide bonds. The van der Waals surface area contributed by atoms with E-state index < -0.39 is 5.60 Å². The van der Waals surface area contributed by atoms with E-state index in [1.165, 1.54) is 0 Å². The lowest BCUT2D eigenvalue weighted by atomic mass is 9.88. The second-order valence-electron chi connectivity index (χ2n) is 5.76. The number of carbonyl (C=O) groups is 2. The molecule has 0 radical (unpaired) electrons. The van der Waals surface area contributed by atoms with E-state index in [0.29, 0.717) is 25.8 Å². The lowest BCUT2D eigenvalue weighted by Crippen LogP contribution is -2.47. The van der Waals surface area contributed by atoms with E-state index in [-0.39, 0.29) is 24.3 Å². The summed E-state index contributed by atoms with van der Waals surface area (Å²) >= 11 is 0. The molecule has 1 aliphatic rings. The molecular formula is C15H28N2O3. The third-order valence-electron chi connectivity index (χ3n) is 4.03. The maximum absolute atomic E-state index is 12.4. The zero-order valence-corrected chi connectivity index (χ0v) is 12.9. The van der Waals surface area contributed by atoms with Crippen molar-refractivity contribution in [1.29, 1.82) is 0 Å². The van der Waals surface area contributed by atoms with Crippen molar-refractivity contribution in [3.8, 4) is 0 Å². The normalized spacial score (nSPS) is 19.2. The summed E-state index contributed by atoms with van der Waals surface area (Å²) in [5.41, 5.74) is -0.920. The largest absolute Gasteiger partial charge is 0.389 e. The number of rotatable bonds is 7. The van der Waals surface area contributed by atoms with Gasteiger partial charge in [0.1, 0.15) is 6.04 Å². The van der Waals surface area contributed by atoms with E-state index in [1.54, 1.807) is 11.9 Å². The minimum atomic E-state index is -0.920. The first-order valence-corrected chi connectivity index (χ1v) is 7.71. The molecule has 1 rings (SSSR count). The zero-order valence-electron chi connectivity index (χ0n) is 12.9. The molecule has 1 fully saturated rings. The van der Waals surface area contributed by atoms with Crippen LogP contribution in [0.5, 0.6) is 0 Å². The molecule has 0 spiro atoms. The molecule has 5 heteroatoms. The van der Waals surface area contributed by atoms with Crippen LogP contribution in [0.25, 0.3) is 0 Å².